The van der Waals surface area contributed by atoms with E-state index in [9.17, 15) is 0 Å². The van der Waals surface area contributed by atoms with Crippen LogP contribution in [0.5, 0.6) is 0 Å². The second-order valence-corrected chi connectivity index (χ2v) is 2.92. The van der Waals surface area contributed by atoms with Crippen LogP contribution in [0.25, 0.3) is 0 Å². The maximum absolute atomic E-state index is 5.75. The molecule has 0 unspecified atom stereocenters. The van der Waals surface area contributed by atoms with Gasteiger partial charge in [0.05, 0.1) is 0 Å². The van der Waals surface area contributed by atoms with Crippen molar-refractivity contribution in [3.8, 4) is 0 Å². The van der Waals surface area contributed by atoms with Crippen LogP contribution in [-0.4, -0.2) is 18.0 Å². The van der Waals surface area contributed by atoms with Crippen LogP contribution in [0.1, 0.15) is 11.1 Å². The Morgan fingerprint density at radius 3 is 2.64 bits per heavy atom. The summed E-state index contributed by atoms with van der Waals surface area (Å²) in [4.78, 5) is 0. The van der Waals surface area contributed by atoms with Crippen molar-refractivity contribution in [2.45, 2.75) is 6.54 Å². The number of amidine groups is 1. The molecule has 0 spiro atoms. The van der Waals surface area contributed by atoms with Crippen LogP contribution in [-0.2, 0) is 6.54 Å². The molecule has 0 atom stereocenters. The molecule has 0 aliphatic heterocycles. The van der Waals surface area contributed by atoms with E-state index in [1.807, 2.05) is 24.3 Å². The summed E-state index contributed by atoms with van der Waals surface area (Å²) in [6, 6.07) is 7.57. The normalized spacial score (nSPS) is 11.5. The Morgan fingerprint density at radius 1 is 1.43 bits per heavy atom. The fourth-order valence-electron chi connectivity index (χ4n) is 1.17. The van der Waals surface area contributed by atoms with Crippen LogP contribution in [0.4, 0.5) is 0 Å². The molecular weight excluding hydrogens is 178 g/mol. The lowest BCUT2D eigenvalue weighted by molar-refractivity contribution is 0.371. The van der Waals surface area contributed by atoms with Crippen molar-refractivity contribution in [1.82, 2.24) is 5.12 Å². The van der Waals surface area contributed by atoms with Gasteiger partial charge in [0.25, 0.3) is 0 Å². The lowest BCUT2D eigenvalue weighted by atomic mass is 10.1. The molecule has 5 heteroatoms. The summed E-state index contributed by atoms with van der Waals surface area (Å²) in [5.74, 6) is 5.73. The predicted octanol–water partition coefficient (Wildman–Crippen LogP) is -0.429. The Bertz CT molecular complexity index is 332. The van der Waals surface area contributed by atoms with Crippen molar-refractivity contribution in [2.24, 2.45) is 22.4 Å². The molecule has 14 heavy (non-hydrogen) atoms. The van der Waals surface area contributed by atoms with E-state index >= 15 is 0 Å². The number of nitrogens with zero attached hydrogens (tertiary/aromatic N) is 2. The van der Waals surface area contributed by atoms with Crippen molar-refractivity contribution in [2.75, 3.05) is 7.05 Å². The molecule has 0 bridgehead atoms. The van der Waals surface area contributed by atoms with Gasteiger partial charge >= 0.3 is 0 Å². The first kappa shape index (κ1) is 10.5. The number of hydrazine groups is 1. The van der Waals surface area contributed by atoms with Gasteiger partial charge in [-0.25, -0.2) is 11.0 Å². The van der Waals surface area contributed by atoms with Gasteiger partial charge in [0.15, 0.2) is 5.84 Å². The molecule has 0 saturated heterocycles. The van der Waals surface area contributed by atoms with Crippen LogP contribution < -0.4 is 17.3 Å². The topological polar surface area (TPSA) is 93.7 Å². The molecule has 0 amide bonds. The highest BCUT2D eigenvalue weighted by molar-refractivity contribution is 5.98. The highest BCUT2D eigenvalue weighted by atomic mass is 15.6. The smallest absolute Gasteiger partial charge is 0.152 e. The fourth-order valence-corrected chi connectivity index (χ4v) is 1.17. The van der Waals surface area contributed by atoms with Crippen molar-refractivity contribution in [3.05, 3.63) is 35.4 Å². The van der Waals surface area contributed by atoms with Crippen LogP contribution in [0.2, 0.25) is 0 Å². The summed E-state index contributed by atoms with van der Waals surface area (Å²) in [7, 11) is 1.61. The molecule has 5 nitrogen and oxygen atoms in total. The van der Waals surface area contributed by atoms with Gasteiger partial charge in [0.2, 0.25) is 0 Å². The molecule has 6 N–H and O–H groups in total. The number of rotatable bonds is 3. The zero-order valence-electron chi connectivity index (χ0n) is 8.14. The molecule has 0 radical (unpaired) electrons. The molecule has 0 aliphatic carbocycles. The van der Waals surface area contributed by atoms with Crippen LogP contribution in [0.15, 0.2) is 29.4 Å². The number of hydrogen-bond donors (Lipinski definition) is 3. The van der Waals surface area contributed by atoms with E-state index in [-0.39, 0.29) is 0 Å². The molecule has 0 saturated carbocycles. The zero-order chi connectivity index (χ0) is 10.6. The molecular formula is C9H15N5. The lowest BCUT2D eigenvalue weighted by Crippen LogP contribution is -2.26. The number of hydrazone groups is 1. The third-order valence-corrected chi connectivity index (χ3v) is 1.78. The van der Waals surface area contributed by atoms with Gasteiger partial charge in [-0.05, 0) is 5.56 Å². The maximum Gasteiger partial charge on any atom is 0.152 e. The van der Waals surface area contributed by atoms with Gasteiger partial charge in [0, 0.05) is 19.2 Å². The average molecular weight is 193 g/mol. The Morgan fingerprint density at radius 2 is 2.07 bits per heavy atom. The maximum atomic E-state index is 5.75. The van der Waals surface area contributed by atoms with Gasteiger partial charge in [-0.2, -0.15) is 0 Å². The molecule has 1 rings (SSSR count). The summed E-state index contributed by atoms with van der Waals surface area (Å²) in [6.07, 6.45) is 0. The average Bonchev–Trinajstić information content (AvgIpc) is 2.16. The van der Waals surface area contributed by atoms with E-state index < -0.39 is 0 Å². The third-order valence-electron chi connectivity index (χ3n) is 1.78. The SMILES string of the molecule is CN(N)/N=C(\N)c1ccccc1CN. The van der Waals surface area contributed by atoms with Crippen molar-refractivity contribution in [3.63, 3.8) is 0 Å². The minimum absolute atomic E-state index is 0.371. The standard InChI is InChI=1S/C9H15N5/c1-14(12)13-9(11)8-5-3-2-4-7(8)6-10/h2-5H,6,10,12H2,1H3,(H2,11,13). The Labute approximate surface area is 83.1 Å². The molecule has 1 aromatic rings. The first-order valence-corrected chi connectivity index (χ1v) is 4.26. The number of nitrogens with two attached hydrogens (primary N) is 3. The summed E-state index contributed by atoms with van der Waals surface area (Å²) in [6.45, 7) is 0.431. The molecule has 0 heterocycles. The summed E-state index contributed by atoms with van der Waals surface area (Å²) in [5.41, 5.74) is 13.1. The minimum atomic E-state index is 0.371. The van der Waals surface area contributed by atoms with Crippen LogP contribution in [0, 0.1) is 0 Å². The monoisotopic (exact) mass is 193 g/mol. The van der Waals surface area contributed by atoms with Gasteiger partial charge in [-0.3, -0.25) is 0 Å². The molecule has 1 aromatic carbocycles. The van der Waals surface area contributed by atoms with E-state index in [4.69, 9.17) is 17.3 Å². The summed E-state index contributed by atoms with van der Waals surface area (Å²) < 4.78 is 0. The van der Waals surface area contributed by atoms with Crippen molar-refractivity contribution >= 4 is 5.84 Å². The third kappa shape index (κ3) is 2.45. The number of benzene rings is 1. The number of hydrogen-bond acceptors (Lipinski definition) is 4. The van der Waals surface area contributed by atoms with E-state index in [0.717, 1.165) is 11.1 Å². The Kier molecular flexibility index (Phi) is 3.44. The highest BCUT2D eigenvalue weighted by Crippen LogP contribution is 2.07. The van der Waals surface area contributed by atoms with Crippen LogP contribution >= 0.6 is 0 Å². The lowest BCUT2D eigenvalue weighted by Gasteiger charge is -2.09. The summed E-state index contributed by atoms with van der Waals surface area (Å²) >= 11 is 0. The van der Waals surface area contributed by atoms with E-state index in [0.29, 0.717) is 12.4 Å². The first-order valence-electron chi connectivity index (χ1n) is 4.26. The van der Waals surface area contributed by atoms with Crippen LogP contribution in [0.3, 0.4) is 0 Å². The Balaban J connectivity index is 3.05. The van der Waals surface area contributed by atoms with Gasteiger partial charge in [-0.15, -0.1) is 5.10 Å². The second kappa shape index (κ2) is 4.59. The minimum Gasteiger partial charge on any atom is -0.382 e. The van der Waals surface area contributed by atoms with E-state index in [1.165, 1.54) is 5.12 Å². The predicted molar refractivity (Wildman–Crippen MR) is 57.0 cm³/mol. The van der Waals surface area contributed by atoms with Gasteiger partial charge in [0.1, 0.15) is 0 Å². The van der Waals surface area contributed by atoms with E-state index in [2.05, 4.69) is 5.10 Å². The Hall–Kier alpha value is -1.59. The largest absolute Gasteiger partial charge is 0.382 e. The van der Waals surface area contributed by atoms with E-state index in [1.54, 1.807) is 7.05 Å². The van der Waals surface area contributed by atoms with Gasteiger partial charge < -0.3 is 11.5 Å². The van der Waals surface area contributed by atoms with Gasteiger partial charge in [-0.1, -0.05) is 24.3 Å². The quantitative estimate of drug-likeness (QED) is 0.263. The fraction of sp³-hybridized carbons (Fsp3) is 0.222. The molecule has 76 valence electrons. The zero-order valence-corrected chi connectivity index (χ0v) is 8.14. The second-order valence-electron chi connectivity index (χ2n) is 2.92. The first-order chi connectivity index (χ1) is 6.65. The molecule has 0 fully saturated rings. The van der Waals surface area contributed by atoms with Crippen molar-refractivity contribution in [1.29, 1.82) is 0 Å². The molecule has 0 aromatic heterocycles. The van der Waals surface area contributed by atoms with Crippen molar-refractivity contribution < 1.29 is 0 Å². The molecule has 0 aliphatic rings. The highest BCUT2D eigenvalue weighted by Gasteiger charge is 2.03. The summed E-state index contributed by atoms with van der Waals surface area (Å²) in [5, 5.41) is 5.08.